The Hall–Kier alpha value is -6.32. The van der Waals surface area contributed by atoms with E-state index in [1.807, 2.05) is 22.7 Å². The Morgan fingerprint density at radius 1 is 0.259 bits per heavy atom. The molecule has 0 fully saturated rings. The van der Waals surface area contributed by atoms with Gasteiger partial charge in [-0.3, -0.25) is 0 Å². The van der Waals surface area contributed by atoms with Crippen molar-refractivity contribution < 1.29 is 0 Å². The van der Waals surface area contributed by atoms with Crippen molar-refractivity contribution in [1.82, 2.24) is 0 Å². The Bertz CT molecular complexity index is 3440. The molecule has 0 aliphatic carbocycles. The normalized spacial score (nSPS) is 12.1. The monoisotopic (exact) mass is 718 g/mol. The Morgan fingerprint density at radius 2 is 0.833 bits per heavy atom. The Morgan fingerprint density at radius 3 is 1.65 bits per heavy atom. The number of benzene rings is 10. The molecule has 2 heteroatoms. The maximum Gasteiger partial charge on any atom is 0.0434 e. The van der Waals surface area contributed by atoms with Crippen molar-refractivity contribution in [3.63, 3.8) is 0 Å². The number of hydrogen-bond donors (Lipinski definition) is 0. The minimum Gasteiger partial charge on any atom is -0.135 e. The molecule has 0 N–H and O–H groups in total. The van der Waals surface area contributed by atoms with Crippen molar-refractivity contribution in [2.24, 2.45) is 0 Å². The molecule has 0 radical (unpaired) electrons. The van der Waals surface area contributed by atoms with Gasteiger partial charge in [0.25, 0.3) is 0 Å². The number of hydrogen-bond acceptors (Lipinski definition) is 2. The molecule has 12 rings (SSSR count). The molecule has 0 atom stereocenters. The highest BCUT2D eigenvalue weighted by molar-refractivity contribution is 7.28. The molecule has 0 nitrogen and oxygen atoms in total. The van der Waals surface area contributed by atoms with Gasteiger partial charge < -0.3 is 0 Å². The third-order valence-corrected chi connectivity index (χ3v) is 13.8. The zero-order chi connectivity index (χ0) is 35.3. The zero-order valence-electron chi connectivity index (χ0n) is 29.1. The lowest BCUT2D eigenvalue weighted by Crippen LogP contribution is -1.92. The minimum atomic E-state index is 1.23. The van der Waals surface area contributed by atoms with Crippen molar-refractivity contribution >= 4 is 106 Å². The molecule has 0 aliphatic heterocycles. The summed E-state index contributed by atoms with van der Waals surface area (Å²) in [5.41, 5.74) is 7.56. The second kappa shape index (κ2) is 11.6. The van der Waals surface area contributed by atoms with Crippen LogP contribution in [0, 0.1) is 0 Å². The lowest BCUT2D eigenvalue weighted by atomic mass is 9.84. The van der Waals surface area contributed by atoms with Crippen molar-refractivity contribution in [1.29, 1.82) is 0 Å². The molecule has 0 saturated heterocycles. The van der Waals surface area contributed by atoms with Crippen LogP contribution in [0.2, 0.25) is 0 Å². The molecule has 0 saturated carbocycles. The Balaban J connectivity index is 1.05. The van der Waals surface area contributed by atoms with E-state index in [-0.39, 0.29) is 0 Å². The van der Waals surface area contributed by atoms with Gasteiger partial charge in [-0.2, -0.15) is 0 Å². The summed E-state index contributed by atoms with van der Waals surface area (Å²) >= 11 is 3.83. The average molecular weight is 719 g/mol. The van der Waals surface area contributed by atoms with E-state index >= 15 is 0 Å². The first-order valence-electron chi connectivity index (χ1n) is 18.5. The van der Waals surface area contributed by atoms with Gasteiger partial charge >= 0.3 is 0 Å². The summed E-state index contributed by atoms with van der Waals surface area (Å²) < 4.78 is 5.44. The van der Waals surface area contributed by atoms with Crippen molar-refractivity contribution in [3.05, 3.63) is 182 Å². The van der Waals surface area contributed by atoms with Crippen LogP contribution in [0.3, 0.4) is 0 Å². The Labute approximate surface area is 319 Å². The fourth-order valence-electron chi connectivity index (χ4n) is 8.98. The van der Waals surface area contributed by atoms with E-state index in [1.54, 1.807) is 0 Å². The summed E-state index contributed by atoms with van der Waals surface area (Å²) in [7, 11) is 0. The SMILES string of the molecule is c1cc(-c2ccc3ccc4c5cc6c(cc5sc4c3c2)sc2ccccc26)cc(-c2c3ccccc3c(-c3cccc4ccccc34)c3ccccc23)c1. The molecule has 0 unspecified atom stereocenters. The molecule has 10 aromatic carbocycles. The molecule has 0 spiro atoms. The van der Waals surface area contributed by atoms with Gasteiger partial charge in [-0.1, -0.05) is 152 Å². The molecule has 12 aromatic rings. The predicted octanol–water partition coefficient (Wildman–Crippen LogP) is 16.0. The molecule has 0 amide bonds. The van der Waals surface area contributed by atoms with Gasteiger partial charge in [-0.05, 0) is 101 Å². The molecule has 54 heavy (non-hydrogen) atoms. The van der Waals surface area contributed by atoms with Gasteiger partial charge in [0, 0.05) is 45.7 Å². The van der Waals surface area contributed by atoms with E-state index in [0.29, 0.717) is 0 Å². The Kier molecular flexibility index (Phi) is 6.48. The zero-order valence-corrected chi connectivity index (χ0v) is 30.8. The van der Waals surface area contributed by atoms with Crippen LogP contribution < -0.4 is 0 Å². The summed E-state index contributed by atoms with van der Waals surface area (Å²) in [4.78, 5) is 0. The second-order valence-electron chi connectivity index (χ2n) is 14.4. The quantitative estimate of drug-likeness (QED) is 0.160. The summed E-state index contributed by atoms with van der Waals surface area (Å²) in [5, 5.41) is 15.6. The van der Waals surface area contributed by atoms with Gasteiger partial charge in [-0.15, -0.1) is 22.7 Å². The van der Waals surface area contributed by atoms with Crippen LogP contribution in [0.25, 0.3) is 117 Å². The van der Waals surface area contributed by atoms with E-state index in [4.69, 9.17) is 0 Å². The summed E-state index contributed by atoms with van der Waals surface area (Å²) in [5.74, 6) is 0. The van der Waals surface area contributed by atoms with Gasteiger partial charge in [-0.25, -0.2) is 0 Å². The van der Waals surface area contributed by atoms with E-state index in [1.165, 1.54) is 117 Å². The third-order valence-electron chi connectivity index (χ3n) is 11.4. The summed E-state index contributed by atoms with van der Waals surface area (Å²) in [6.07, 6.45) is 0. The fourth-order valence-corrected chi connectivity index (χ4v) is 11.4. The van der Waals surface area contributed by atoms with Gasteiger partial charge in [0.2, 0.25) is 0 Å². The minimum absolute atomic E-state index is 1.23. The maximum atomic E-state index is 2.43. The molecule has 250 valence electrons. The van der Waals surface area contributed by atoms with Gasteiger partial charge in [0.1, 0.15) is 0 Å². The third kappa shape index (κ3) is 4.42. The second-order valence-corrected chi connectivity index (χ2v) is 16.5. The van der Waals surface area contributed by atoms with E-state index < -0.39 is 0 Å². The molecular weight excluding hydrogens is 689 g/mol. The standard InChI is InChI=1S/C52H30S2/c1-2-15-36-31(11-1)12-10-21-38(36)51-41-19-5-3-17-39(41)50(40-18-4-6-20-42(40)51)35-14-9-13-33(27-35)34-24-23-32-25-26-43-46-29-45-37-16-7-8-22-47(37)53-48(45)30-49(46)54-52(43)44(32)28-34/h1-30H. The van der Waals surface area contributed by atoms with Crippen LogP contribution >= 0.6 is 22.7 Å². The number of rotatable bonds is 3. The topological polar surface area (TPSA) is 0 Å². The first-order chi connectivity index (χ1) is 26.8. The number of fused-ring (bicyclic) bond motifs is 11. The van der Waals surface area contributed by atoms with Crippen LogP contribution in [0.5, 0.6) is 0 Å². The lowest BCUT2D eigenvalue weighted by molar-refractivity contribution is 1.63. The highest BCUT2D eigenvalue weighted by Gasteiger charge is 2.19. The van der Waals surface area contributed by atoms with Crippen LogP contribution in [0.15, 0.2) is 182 Å². The van der Waals surface area contributed by atoms with Crippen LogP contribution in [0.4, 0.5) is 0 Å². The molecule has 2 aromatic heterocycles. The van der Waals surface area contributed by atoms with Crippen LogP contribution in [-0.2, 0) is 0 Å². The first kappa shape index (κ1) is 30.2. The van der Waals surface area contributed by atoms with Crippen molar-refractivity contribution in [2.45, 2.75) is 0 Å². The summed E-state index contributed by atoms with van der Waals surface area (Å²) in [6.45, 7) is 0. The van der Waals surface area contributed by atoms with Gasteiger partial charge in [0.15, 0.2) is 0 Å². The molecule has 2 heterocycles. The van der Waals surface area contributed by atoms with E-state index in [0.717, 1.165) is 0 Å². The first-order valence-corrected chi connectivity index (χ1v) is 20.1. The number of thiophene rings is 2. The molecule has 0 bridgehead atoms. The van der Waals surface area contributed by atoms with Crippen LogP contribution in [-0.4, -0.2) is 0 Å². The summed E-state index contributed by atoms with van der Waals surface area (Å²) in [6, 6.07) is 67.9. The van der Waals surface area contributed by atoms with Crippen LogP contribution in [0.1, 0.15) is 0 Å². The lowest BCUT2D eigenvalue weighted by Gasteiger charge is -2.19. The molecular formula is C52H30S2. The largest absolute Gasteiger partial charge is 0.135 e. The predicted molar refractivity (Wildman–Crippen MR) is 239 cm³/mol. The average Bonchev–Trinajstić information content (AvgIpc) is 3.79. The van der Waals surface area contributed by atoms with Crippen molar-refractivity contribution in [3.8, 4) is 33.4 Å². The maximum absolute atomic E-state index is 2.43. The van der Waals surface area contributed by atoms with Gasteiger partial charge in [0.05, 0.1) is 0 Å². The highest BCUT2D eigenvalue weighted by Crippen LogP contribution is 2.47. The smallest absolute Gasteiger partial charge is 0.0434 e. The van der Waals surface area contributed by atoms with Crippen molar-refractivity contribution in [2.75, 3.05) is 0 Å². The fraction of sp³-hybridized carbons (Fsp3) is 0. The highest BCUT2D eigenvalue weighted by atomic mass is 32.1. The van der Waals surface area contributed by atoms with E-state index in [2.05, 4.69) is 182 Å². The molecule has 0 aliphatic rings. The van der Waals surface area contributed by atoms with E-state index in [9.17, 15) is 0 Å².